The Bertz CT molecular complexity index is 1440. The molecule has 8 heteroatoms. The molecule has 0 unspecified atom stereocenters. The minimum Gasteiger partial charge on any atom is -0.493 e. The second-order valence-electron chi connectivity index (χ2n) is 8.10. The van der Waals surface area contributed by atoms with Crippen molar-refractivity contribution in [2.45, 2.75) is 13.0 Å². The normalized spacial score (nSPS) is 10.8. The van der Waals surface area contributed by atoms with Crippen molar-refractivity contribution in [2.24, 2.45) is 0 Å². The fourth-order valence-electron chi connectivity index (χ4n) is 3.74. The summed E-state index contributed by atoms with van der Waals surface area (Å²) in [6.45, 7) is 1.50. The minimum atomic E-state index is -0.154. The summed E-state index contributed by atoms with van der Waals surface area (Å²) >= 11 is 0. The van der Waals surface area contributed by atoms with Gasteiger partial charge in [0.2, 0.25) is 0 Å². The molecule has 0 radical (unpaired) electrons. The van der Waals surface area contributed by atoms with Crippen LogP contribution in [-0.2, 0) is 6.54 Å². The molecule has 5 rings (SSSR count). The molecule has 0 fully saturated rings. The van der Waals surface area contributed by atoms with Gasteiger partial charge in [0, 0.05) is 43.2 Å². The van der Waals surface area contributed by atoms with E-state index in [-0.39, 0.29) is 5.91 Å². The van der Waals surface area contributed by atoms with Gasteiger partial charge in [0.25, 0.3) is 5.91 Å². The van der Waals surface area contributed by atoms with E-state index >= 15 is 0 Å². The zero-order valence-electron chi connectivity index (χ0n) is 19.6. The van der Waals surface area contributed by atoms with Crippen LogP contribution in [0.15, 0.2) is 97.8 Å². The third-order valence-electron chi connectivity index (χ3n) is 5.54. The first kappa shape index (κ1) is 23.0. The van der Waals surface area contributed by atoms with Crippen molar-refractivity contribution in [1.82, 2.24) is 24.8 Å². The first-order valence-electron chi connectivity index (χ1n) is 11.7. The van der Waals surface area contributed by atoms with Crippen LogP contribution in [0.2, 0.25) is 0 Å². The minimum absolute atomic E-state index is 0.154. The van der Waals surface area contributed by atoms with Crippen molar-refractivity contribution in [3.63, 3.8) is 0 Å². The van der Waals surface area contributed by atoms with E-state index in [1.807, 2.05) is 65.2 Å². The van der Waals surface area contributed by atoms with E-state index in [9.17, 15) is 4.79 Å². The first-order valence-corrected chi connectivity index (χ1v) is 11.7. The number of rotatable bonds is 10. The molecule has 2 aromatic carbocycles. The number of carbonyl (C=O) groups is 1. The lowest BCUT2D eigenvalue weighted by molar-refractivity contribution is 0.0951. The Balaban J connectivity index is 1.20. The molecule has 36 heavy (non-hydrogen) atoms. The van der Waals surface area contributed by atoms with E-state index in [1.54, 1.807) is 37.2 Å². The number of hydrogen-bond donors (Lipinski definition) is 1. The summed E-state index contributed by atoms with van der Waals surface area (Å²) in [4.78, 5) is 25.2. The molecule has 0 bridgehead atoms. The number of nitrogens with zero attached hydrogens (tertiary/aromatic N) is 4. The highest BCUT2D eigenvalue weighted by molar-refractivity contribution is 5.97. The molecule has 0 saturated heterocycles. The monoisotopic (exact) mass is 479 g/mol. The van der Waals surface area contributed by atoms with Crippen LogP contribution in [0.1, 0.15) is 22.3 Å². The average Bonchev–Trinajstić information content (AvgIpc) is 3.36. The molecular formula is C28H25N5O3. The second kappa shape index (κ2) is 11.1. The van der Waals surface area contributed by atoms with Crippen LogP contribution >= 0.6 is 0 Å². The topological polar surface area (TPSA) is 91.2 Å². The molecule has 1 amide bonds. The molecule has 180 valence electrons. The van der Waals surface area contributed by atoms with Crippen molar-refractivity contribution in [3.8, 4) is 17.2 Å². The Morgan fingerprint density at radius 3 is 2.47 bits per heavy atom. The maximum Gasteiger partial charge on any atom is 0.251 e. The van der Waals surface area contributed by atoms with Gasteiger partial charge in [-0.15, -0.1) is 0 Å². The summed E-state index contributed by atoms with van der Waals surface area (Å²) in [6.07, 6.45) is 9.35. The predicted molar refractivity (Wildman–Crippen MR) is 136 cm³/mol. The lowest BCUT2D eigenvalue weighted by Crippen LogP contribution is -2.22. The SMILES string of the molecule is O=C(NCc1cccnc1)c1ccc2c(c1)ncn2-c1cccc(OCCCOc2cccnc2)c1. The molecule has 0 aliphatic rings. The zero-order chi connectivity index (χ0) is 24.6. The summed E-state index contributed by atoms with van der Waals surface area (Å²) in [6, 6.07) is 20.8. The van der Waals surface area contributed by atoms with Crippen LogP contribution in [0.25, 0.3) is 16.7 Å². The summed E-state index contributed by atoms with van der Waals surface area (Å²) in [5, 5.41) is 2.92. The van der Waals surface area contributed by atoms with E-state index in [0.29, 0.717) is 25.3 Å². The van der Waals surface area contributed by atoms with Gasteiger partial charge >= 0.3 is 0 Å². The number of aromatic nitrogens is 4. The fraction of sp³-hybridized carbons (Fsp3) is 0.143. The quantitative estimate of drug-likeness (QED) is 0.295. The van der Waals surface area contributed by atoms with Crippen molar-refractivity contribution < 1.29 is 14.3 Å². The summed E-state index contributed by atoms with van der Waals surface area (Å²) in [5.74, 6) is 1.36. The number of fused-ring (bicyclic) bond motifs is 1. The van der Waals surface area contributed by atoms with Gasteiger partial charge in [-0.2, -0.15) is 0 Å². The largest absolute Gasteiger partial charge is 0.493 e. The van der Waals surface area contributed by atoms with Gasteiger partial charge < -0.3 is 14.8 Å². The number of hydrogen-bond acceptors (Lipinski definition) is 6. The lowest BCUT2D eigenvalue weighted by Gasteiger charge is -2.10. The van der Waals surface area contributed by atoms with Crippen molar-refractivity contribution in [3.05, 3.63) is 109 Å². The van der Waals surface area contributed by atoms with Gasteiger partial charge in [-0.25, -0.2) is 4.98 Å². The lowest BCUT2D eigenvalue weighted by atomic mass is 10.1. The number of imidazole rings is 1. The highest BCUT2D eigenvalue weighted by atomic mass is 16.5. The van der Waals surface area contributed by atoms with Gasteiger partial charge in [0.05, 0.1) is 36.1 Å². The maximum atomic E-state index is 12.6. The molecule has 0 aliphatic carbocycles. The van der Waals surface area contributed by atoms with Crippen molar-refractivity contribution in [1.29, 1.82) is 0 Å². The van der Waals surface area contributed by atoms with Crippen LogP contribution in [0.5, 0.6) is 11.5 Å². The predicted octanol–water partition coefficient (Wildman–Crippen LogP) is 4.59. The Hall–Kier alpha value is -4.72. The molecule has 0 saturated carbocycles. The summed E-state index contributed by atoms with van der Waals surface area (Å²) in [7, 11) is 0. The molecule has 3 heterocycles. The standard InChI is InChI=1S/C28H25N5O3/c34-28(31-18-21-5-2-11-29-17-21)22-9-10-27-26(15-22)32-20-33(27)23-6-1-7-24(16-23)35-13-4-14-36-25-8-3-12-30-19-25/h1-3,5-12,15-17,19-20H,4,13-14,18H2,(H,31,34). The smallest absolute Gasteiger partial charge is 0.251 e. The Kier molecular flexibility index (Phi) is 7.13. The van der Waals surface area contributed by atoms with Gasteiger partial charge in [-0.1, -0.05) is 12.1 Å². The molecule has 0 atom stereocenters. The van der Waals surface area contributed by atoms with Crippen LogP contribution in [0, 0.1) is 0 Å². The highest BCUT2D eigenvalue weighted by Gasteiger charge is 2.11. The fourth-order valence-corrected chi connectivity index (χ4v) is 3.74. The highest BCUT2D eigenvalue weighted by Crippen LogP contribution is 2.23. The molecule has 3 aromatic heterocycles. The van der Waals surface area contributed by atoms with E-state index in [4.69, 9.17) is 9.47 Å². The third-order valence-corrected chi connectivity index (χ3v) is 5.54. The number of carbonyl (C=O) groups excluding carboxylic acids is 1. The number of nitrogens with one attached hydrogen (secondary N) is 1. The van der Waals surface area contributed by atoms with Crippen LogP contribution in [0.4, 0.5) is 0 Å². The first-order chi connectivity index (χ1) is 17.8. The van der Waals surface area contributed by atoms with Gasteiger partial charge in [-0.05, 0) is 54.1 Å². The Labute approximate surface area is 208 Å². The third kappa shape index (κ3) is 5.67. The van der Waals surface area contributed by atoms with E-state index < -0.39 is 0 Å². The van der Waals surface area contributed by atoms with E-state index in [0.717, 1.165) is 40.2 Å². The van der Waals surface area contributed by atoms with Gasteiger partial charge in [0.1, 0.15) is 17.8 Å². The summed E-state index contributed by atoms with van der Waals surface area (Å²) < 4.78 is 13.6. The Morgan fingerprint density at radius 2 is 1.67 bits per heavy atom. The molecular weight excluding hydrogens is 454 g/mol. The maximum absolute atomic E-state index is 12.6. The van der Waals surface area contributed by atoms with Crippen LogP contribution in [0.3, 0.4) is 0 Å². The molecule has 0 spiro atoms. The van der Waals surface area contributed by atoms with Gasteiger partial charge in [0.15, 0.2) is 0 Å². The van der Waals surface area contributed by atoms with Crippen molar-refractivity contribution in [2.75, 3.05) is 13.2 Å². The number of ether oxygens (including phenoxy) is 2. The van der Waals surface area contributed by atoms with Crippen LogP contribution in [-0.4, -0.2) is 38.6 Å². The number of pyridine rings is 2. The van der Waals surface area contributed by atoms with E-state index in [2.05, 4.69) is 20.3 Å². The van der Waals surface area contributed by atoms with Crippen molar-refractivity contribution >= 4 is 16.9 Å². The molecule has 5 aromatic rings. The van der Waals surface area contributed by atoms with Gasteiger partial charge in [-0.3, -0.25) is 19.3 Å². The zero-order valence-corrected chi connectivity index (χ0v) is 19.6. The second-order valence-corrected chi connectivity index (χ2v) is 8.10. The Morgan fingerprint density at radius 1 is 0.861 bits per heavy atom. The number of benzene rings is 2. The molecule has 8 nitrogen and oxygen atoms in total. The number of amides is 1. The molecule has 0 aliphatic heterocycles. The average molecular weight is 480 g/mol. The van der Waals surface area contributed by atoms with E-state index in [1.165, 1.54) is 0 Å². The molecule has 1 N–H and O–H groups in total. The summed E-state index contributed by atoms with van der Waals surface area (Å²) in [5.41, 5.74) is 4.07. The van der Waals surface area contributed by atoms with Crippen LogP contribution < -0.4 is 14.8 Å².